The van der Waals surface area contributed by atoms with E-state index in [2.05, 4.69) is 0 Å². The summed E-state index contributed by atoms with van der Waals surface area (Å²) >= 11 is 0. The minimum Gasteiger partial charge on any atom is -0.342 e. The molecule has 1 aliphatic heterocycles. The molecule has 0 unspecified atom stereocenters. The van der Waals surface area contributed by atoms with Crippen LogP contribution in [0.15, 0.2) is 24.3 Å². The van der Waals surface area contributed by atoms with E-state index in [4.69, 9.17) is 0 Å². The Morgan fingerprint density at radius 2 is 1.74 bits per heavy atom. The average molecular weight is 337 g/mol. The molecule has 1 heterocycles. The number of sulfone groups is 1. The number of piperidine rings is 1. The van der Waals surface area contributed by atoms with Gasteiger partial charge in [0.15, 0.2) is 9.84 Å². The van der Waals surface area contributed by atoms with Crippen molar-refractivity contribution in [2.45, 2.75) is 45.3 Å². The van der Waals surface area contributed by atoms with Gasteiger partial charge in [0, 0.05) is 13.1 Å². The highest BCUT2D eigenvalue weighted by Gasteiger charge is 2.27. The monoisotopic (exact) mass is 337 g/mol. The molecule has 128 valence electrons. The van der Waals surface area contributed by atoms with Gasteiger partial charge >= 0.3 is 0 Å². The van der Waals surface area contributed by atoms with Gasteiger partial charge in [0.05, 0.1) is 17.4 Å². The van der Waals surface area contributed by atoms with Gasteiger partial charge in [0.2, 0.25) is 5.91 Å². The number of carbonyl (C=O) groups excluding carboxylic acids is 1. The molecule has 1 saturated heterocycles. The minimum absolute atomic E-state index is 0.138. The maximum Gasteiger partial charge on any atom is 0.226 e. The summed E-state index contributed by atoms with van der Waals surface area (Å²) in [6, 6.07) is 8.03. The standard InChI is InChI=1S/C18H27NO3S/c1-14(2)23(21,22)13-17-8-10-19(11-9-17)18(20)12-16-6-4-15(3)5-7-16/h4-7,14,17H,8-13H2,1-3H3. The van der Waals surface area contributed by atoms with E-state index in [9.17, 15) is 13.2 Å². The van der Waals surface area contributed by atoms with Crippen molar-refractivity contribution in [2.24, 2.45) is 5.92 Å². The van der Waals surface area contributed by atoms with Crippen LogP contribution in [0.4, 0.5) is 0 Å². The van der Waals surface area contributed by atoms with Crippen molar-refractivity contribution in [1.29, 1.82) is 0 Å². The summed E-state index contributed by atoms with van der Waals surface area (Å²) in [7, 11) is -2.99. The van der Waals surface area contributed by atoms with Gasteiger partial charge in [-0.15, -0.1) is 0 Å². The molecule has 0 saturated carbocycles. The van der Waals surface area contributed by atoms with E-state index < -0.39 is 9.84 Å². The number of benzene rings is 1. The molecule has 2 rings (SSSR count). The van der Waals surface area contributed by atoms with Crippen molar-refractivity contribution in [3.8, 4) is 0 Å². The molecule has 0 radical (unpaired) electrons. The van der Waals surface area contributed by atoms with Gasteiger partial charge in [0.25, 0.3) is 0 Å². The van der Waals surface area contributed by atoms with Gasteiger partial charge in [-0.05, 0) is 45.1 Å². The molecular weight excluding hydrogens is 310 g/mol. The zero-order valence-corrected chi connectivity index (χ0v) is 15.1. The lowest BCUT2D eigenvalue weighted by molar-refractivity contribution is -0.131. The number of aryl methyl sites for hydroxylation is 1. The fourth-order valence-corrected chi connectivity index (χ4v) is 4.24. The zero-order chi connectivity index (χ0) is 17.0. The summed E-state index contributed by atoms with van der Waals surface area (Å²) in [6.07, 6.45) is 1.99. The molecule has 1 aliphatic rings. The molecule has 0 spiro atoms. The van der Waals surface area contributed by atoms with E-state index >= 15 is 0 Å². The van der Waals surface area contributed by atoms with Crippen molar-refractivity contribution in [3.63, 3.8) is 0 Å². The molecule has 23 heavy (non-hydrogen) atoms. The van der Waals surface area contributed by atoms with E-state index in [1.165, 1.54) is 5.56 Å². The van der Waals surface area contributed by atoms with Gasteiger partial charge in [-0.3, -0.25) is 4.79 Å². The van der Waals surface area contributed by atoms with Crippen molar-refractivity contribution in [2.75, 3.05) is 18.8 Å². The van der Waals surface area contributed by atoms with E-state index in [-0.39, 0.29) is 22.8 Å². The first-order chi connectivity index (χ1) is 10.8. The molecular formula is C18H27NO3S. The lowest BCUT2D eigenvalue weighted by atomic mass is 9.98. The van der Waals surface area contributed by atoms with Crippen molar-refractivity contribution < 1.29 is 13.2 Å². The second-order valence-electron chi connectivity index (χ2n) is 6.86. The van der Waals surface area contributed by atoms with E-state index in [1.54, 1.807) is 13.8 Å². The van der Waals surface area contributed by atoms with Crippen LogP contribution in [0.3, 0.4) is 0 Å². The zero-order valence-electron chi connectivity index (χ0n) is 14.3. The first-order valence-corrected chi connectivity index (χ1v) is 10.0. The number of carbonyl (C=O) groups is 1. The Kier molecular flexibility index (Phi) is 5.84. The first kappa shape index (κ1) is 18.0. The van der Waals surface area contributed by atoms with Crippen molar-refractivity contribution >= 4 is 15.7 Å². The second-order valence-corrected chi connectivity index (χ2v) is 9.47. The third-order valence-corrected chi connectivity index (χ3v) is 7.00. The molecule has 5 heteroatoms. The lowest BCUT2D eigenvalue weighted by Crippen LogP contribution is -2.41. The summed E-state index contributed by atoms with van der Waals surface area (Å²) in [5.74, 6) is 0.579. The van der Waals surface area contributed by atoms with Crippen LogP contribution in [0.1, 0.15) is 37.8 Å². The molecule has 0 bridgehead atoms. The molecule has 1 aromatic carbocycles. The summed E-state index contributed by atoms with van der Waals surface area (Å²) in [4.78, 5) is 14.2. The number of hydrogen-bond acceptors (Lipinski definition) is 3. The molecule has 1 amide bonds. The Balaban J connectivity index is 1.84. The number of amides is 1. The van der Waals surface area contributed by atoms with Crippen LogP contribution in [-0.2, 0) is 21.1 Å². The summed E-state index contributed by atoms with van der Waals surface area (Å²) in [5.41, 5.74) is 2.22. The minimum atomic E-state index is -2.99. The van der Waals surface area contributed by atoms with Gasteiger partial charge in [0.1, 0.15) is 0 Å². The number of likely N-dealkylation sites (tertiary alicyclic amines) is 1. The Bertz CT molecular complexity index is 627. The number of nitrogens with zero attached hydrogens (tertiary/aromatic N) is 1. The fraction of sp³-hybridized carbons (Fsp3) is 0.611. The predicted molar refractivity (Wildman–Crippen MR) is 93.1 cm³/mol. The maximum atomic E-state index is 12.4. The highest BCUT2D eigenvalue weighted by Crippen LogP contribution is 2.21. The van der Waals surface area contributed by atoms with Crippen LogP contribution in [0.5, 0.6) is 0 Å². The Hall–Kier alpha value is -1.36. The highest BCUT2D eigenvalue weighted by molar-refractivity contribution is 7.91. The van der Waals surface area contributed by atoms with Crippen LogP contribution < -0.4 is 0 Å². The maximum absolute atomic E-state index is 12.4. The van der Waals surface area contributed by atoms with Gasteiger partial charge in [-0.25, -0.2) is 8.42 Å². The van der Waals surface area contributed by atoms with Crippen LogP contribution in [0, 0.1) is 12.8 Å². The van der Waals surface area contributed by atoms with Gasteiger partial charge < -0.3 is 4.90 Å². The predicted octanol–water partition coefficient (Wildman–Crippen LogP) is 2.60. The van der Waals surface area contributed by atoms with Crippen LogP contribution >= 0.6 is 0 Å². The normalized spacial score (nSPS) is 16.8. The largest absolute Gasteiger partial charge is 0.342 e. The molecule has 0 aliphatic carbocycles. The number of rotatable bonds is 5. The smallest absolute Gasteiger partial charge is 0.226 e. The van der Waals surface area contributed by atoms with Gasteiger partial charge in [-0.1, -0.05) is 29.8 Å². The third kappa shape index (κ3) is 5.06. The van der Waals surface area contributed by atoms with E-state index in [0.717, 1.165) is 18.4 Å². The average Bonchev–Trinajstić information content (AvgIpc) is 2.49. The number of hydrogen-bond donors (Lipinski definition) is 0. The third-order valence-electron chi connectivity index (χ3n) is 4.63. The first-order valence-electron chi connectivity index (χ1n) is 8.33. The second kappa shape index (κ2) is 7.47. The summed E-state index contributed by atoms with van der Waals surface area (Å²) in [6.45, 7) is 6.83. The molecule has 1 aromatic rings. The molecule has 4 nitrogen and oxygen atoms in total. The lowest BCUT2D eigenvalue weighted by Gasteiger charge is -2.32. The SMILES string of the molecule is Cc1ccc(CC(=O)N2CCC(CS(=O)(=O)C(C)C)CC2)cc1. The highest BCUT2D eigenvalue weighted by atomic mass is 32.2. The van der Waals surface area contributed by atoms with Gasteiger partial charge in [-0.2, -0.15) is 0 Å². The van der Waals surface area contributed by atoms with Crippen LogP contribution in [-0.4, -0.2) is 43.3 Å². The molecule has 0 N–H and O–H groups in total. The Morgan fingerprint density at radius 3 is 2.26 bits per heavy atom. The van der Waals surface area contributed by atoms with Crippen molar-refractivity contribution in [3.05, 3.63) is 35.4 Å². The fourth-order valence-electron chi connectivity index (χ4n) is 2.86. The van der Waals surface area contributed by atoms with Crippen molar-refractivity contribution in [1.82, 2.24) is 4.90 Å². The van der Waals surface area contributed by atoms with Crippen LogP contribution in [0.25, 0.3) is 0 Å². The summed E-state index contributed by atoms with van der Waals surface area (Å²) < 4.78 is 24.0. The summed E-state index contributed by atoms with van der Waals surface area (Å²) in [5, 5.41) is -0.316. The quantitative estimate of drug-likeness (QED) is 0.830. The molecule has 0 atom stereocenters. The topological polar surface area (TPSA) is 54.5 Å². The molecule has 0 aromatic heterocycles. The van der Waals surface area contributed by atoms with E-state index in [0.29, 0.717) is 19.5 Å². The Labute approximate surface area is 139 Å². The van der Waals surface area contributed by atoms with E-state index in [1.807, 2.05) is 36.1 Å². The van der Waals surface area contributed by atoms with Crippen LogP contribution in [0.2, 0.25) is 0 Å². The Morgan fingerprint density at radius 1 is 1.17 bits per heavy atom. The molecule has 1 fully saturated rings.